The molecular formula is C19H22N4O7. The van der Waals surface area contributed by atoms with Crippen molar-refractivity contribution in [3.8, 4) is 17.4 Å². The molecule has 1 aromatic heterocycles. The second-order valence-electron chi connectivity index (χ2n) is 6.70. The van der Waals surface area contributed by atoms with Crippen molar-refractivity contribution in [3.63, 3.8) is 0 Å². The van der Waals surface area contributed by atoms with E-state index in [4.69, 9.17) is 18.9 Å². The Morgan fingerprint density at radius 1 is 1.23 bits per heavy atom. The molecule has 0 saturated carbocycles. The predicted molar refractivity (Wildman–Crippen MR) is 105 cm³/mol. The maximum Gasteiger partial charge on any atom is 0.373 e. The Morgan fingerprint density at radius 3 is 2.53 bits per heavy atom. The minimum Gasteiger partial charge on any atom is -0.493 e. The number of rotatable bonds is 6. The van der Waals surface area contributed by atoms with Crippen molar-refractivity contribution in [2.45, 2.75) is 26.1 Å². The fraction of sp³-hybridized carbons (Fsp3) is 0.421. The van der Waals surface area contributed by atoms with Gasteiger partial charge in [-0.2, -0.15) is 4.98 Å². The number of hydrogen-bond acceptors (Lipinski definition) is 10. The zero-order valence-corrected chi connectivity index (χ0v) is 17.0. The number of para-hydroxylation sites is 1. The molecule has 0 radical (unpaired) electrons. The number of nitrogens with zero attached hydrogens (tertiary/aromatic N) is 4. The number of esters is 1. The summed E-state index contributed by atoms with van der Waals surface area (Å²) in [7, 11) is 2.61. The summed E-state index contributed by atoms with van der Waals surface area (Å²) in [6.07, 6.45) is 0.913. The van der Waals surface area contributed by atoms with Crippen LogP contribution >= 0.6 is 0 Å². The highest BCUT2D eigenvalue weighted by atomic mass is 16.6. The number of carbonyl (C=O) groups is 1. The molecule has 0 bridgehead atoms. The van der Waals surface area contributed by atoms with Gasteiger partial charge in [0.25, 0.3) is 0 Å². The molecule has 1 saturated heterocycles. The van der Waals surface area contributed by atoms with Crippen molar-refractivity contribution < 1.29 is 28.7 Å². The van der Waals surface area contributed by atoms with Gasteiger partial charge in [0.15, 0.2) is 11.5 Å². The molecule has 1 aromatic carbocycles. The molecule has 0 aliphatic carbocycles. The van der Waals surface area contributed by atoms with E-state index in [-0.39, 0.29) is 41.0 Å². The molecule has 1 fully saturated rings. The van der Waals surface area contributed by atoms with E-state index in [0.29, 0.717) is 13.1 Å². The van der Waals surface area contributed by atoms with Crippen LogP contribution in [0.5, 0.6) is 17.4 Å². The van der Waals surface area contributed by atoms with E-state index >= 15 is 0 Å². The largest absolute Gasteiger partial charge is 0.493 e. The zero-order chi connectivity index (χ0) is 21.8. The van der Waals surface area contributed by atoms with E-state index in [2.05, 4.69) is 9.97 Å². The first-order valence-corrected chi connectivity index (χ1v) is 9.18. The highest BCUT2D eigenvalue weighted by Crippen LogP contribution is 2.41. The van der Waals surface area contributed by atoms with Gasteiger partial charge in [-0.1, -0.05) is 6.07 Å². The van der Waals surface area contributed by atoms with Crippen molar-refractivity contribution >= 4 is 17.5 Å². The van der Waals surface area contributed by atoms with E-state index < -0.39 is 16.6 Å². The minimum atomic E-state index is -0.684. The highest BCUT2D eigenvalue weighted by Gasteiger charge is 2.33. The van der Waals surface area contributed by atoms with E-state index in [0.717, 1.165) is 0 Å². The van der Waals surface area contributed by atoms with Gasteiger partial charge in [0.05, 0.1) is 31.4 Å². The van der Waals surface area contributed by atoms with Crippen LogP contribution in [0, 0.1) is 10.1 Å². The molecule has 2 atom stereocenters. The van der Waals surface area contributed by atoms with Crippen LogP contribution in [0.2, 0.25) is 0 Å². The summed E-state index contributed by atoms with van der Waals surface area (Å²) in [5.41, 5.74) is -0.375. The van der Waals surface area contributed by atoms with Gasteiger partial charge in [0.1, 0.15) is 11.9 Å². The van der Waals surface area contributed by atoms with Gasteiger partial charge in [0, 0.05) is 13.1 Å². The molecule has 2 unspecified atom stereocenters. The van der Waals surface area contributed by atoms with Crippen molar-refractivity contribution in [2.24, 2.45) is 0 Å². The van der Waals surface area contributed by atoms with Crippen LogP contribution in [0.25, 0.3) is 0 Å². The summed E-state index contributed by atoms with van der Waals surface area (Å²) in [5.74, 6) is -0.728. The van der Waals surface area contributed by atoms with Crippen LogP contribution in [-0.4, -0.2) is 60.4 Å². The fourth-order valence-electron chi connectivity index (χ4n) is 3.32. The summed E-state index contributed by atoms with van der Waals surface area (Å²) in [6.45, 7) is 4.60. The van der Waals surface area contributed by atoms with Crippen molar-refractivity contribution in [2.75, 3.05) is 32.2 Å². The fourth-order valence-corrected chi connectivity index (χ4v) is 3.32. The van der Waals surface area contributed by atoms with Crippen LogP contribution in [0.3, 0.4) is 0 Å². The third kappa shape index (κ3) is 4.25. The lowest BCUT2D eigenvalue weighted by molar-refractivity contribution is -0.385. The van der Waals surface area contributed by atoms with Gasteiger partial charge in [-0.3, -0.25) is 10.1 Å². The van der Waals surface area contributed by atoms with E-state index in [9.17, 15) is 14.9 Å². The first-order chi connectivity index (χ1) is 14.3. The molecule has 0 amide bonds. The lowest BCUT2D eigenvalue weighted by atomic mass is 10.2. The molecule has 1 aliphatic rings. The predicted octanol–water partition coefficient (Wildman–Crippen LogP) is 2.59. The molecule has 2 heterocycles. The van der Waals surface area contributed by atoms with Crippen molar-refractivity contribution in [1.29, 1.82) is 0 Å². The Kier molecular flexibility index (Phi) is 6.31. The molecule has 1 aliphatic heterocycles. The van der Waals surface area contributed by atoms with Crippen LogP contribution < -0.4 is 14.4 Å². The normalized spacial score (nSPS) is 18.6. The molecule has 30 heavy (non-hydrogen) atoms. The average molecular weight is 418 g/mol. The lowest BCUT2D eigenvalue weighted by Crippen LogP contribution is -2.46. The van der Waals surface area contributed by atoms with E-state index in [1.165, 1.54) is 26.6 Å². The summed E-state index contributed by atoms with van der Waals surface area (Å²) < 4.78 is 21.5. The number of anilines is 1. The number of morpholine rings is 1. The first-order valence-electron chi connectivity index (χ1n) is 9.18. The lowest BCUT2D eigenvalue weighted by Gasteiger charge is -2.35. The number of carbonyl (C=O) groups excluding carboxylic acids is 1. The van der Waals surface area contributed by atoms with Gasteiger partial charge < -0.3 is 23.8 Å². The van der Waals surface area contributed by atoms with Gasteiger partial charge in [-0.05, 0) is 26.0 Å². The number of methoxy groups -OCH3 is 2. The number of hydrogen-bond donors (Lipinski definition) is 0. The highest BCUT2D eigenvalue weighted by molar-refractivity contribution is 5.93. The maximum absolute atomic E-state index is 12.2. The van der Waals surface area contributed by atoms with Gasteiger partial charge in [-0.25, -0.2) is 9.78 Å². The zero-order valence-electron chi connectivity index (χ0n) is 17.0. The van der Waals surface area contributed by atoms with E-state index in [1.807, 2.05) is 13.8 Å². The molecule has 0 spiro atoms. The Morgan fingerprint density at radius 2 is 1.93 bits per heavy atom. The van der Waals surface area contributed by atoms with Crippen LogP contribution in [0.1, 0.15) is 24.2 Å². The standard InChI is InChI=1S/C19H22N4O7/c1-11-8-22(9-12(2)29-11)17-15(23(25)26)18(21-10-20-17)30-16-13(19(24)28-4)6-5-7-14(16)27-3/h5-7,10-12H,8-9H2,1-4H3. The smallest absolute Gasteiger partial charge is 0.373 e. The van der Waals surface area contributed by atoms with Crippen molar-refractivity contribution in [3.05, 3.63) is 40.2 Å². The Bertz CT molecular complexity index is 942. The average Bonchev–Trinajstić information content (AvgIpc) is 2.72. The van der Waals surface area contributed by atoms with Gasteiger partial charge in [-0.15, -0.1) is 0 Å². The van der Waals surface area contributed by atoms with Crippen LogP contribution in [0.4, 0.5) is 11.5 Å². The third-order valence-corrected chi connectivity index (χ3v) is 4.47. The molecule has 160 valence electrons. The van der Waals surface area contributed by atoms with E-state index in [1.54, 1.807) is 17.0 Å². The summed E-state index contributed by atoms with van der Waals surface area (Å²) in [6, 6.07) is 4.60. The number of aromatic nitrogens is 2. The van der Waals surface area contributed by atoms with Crippen LogP contribution in [0.15, 0.2) is 24.5 Å². The molecule has 0 N–H and O–H groups in total. The van der Waals surface area contributed by atoms with Gasteiger partial charge in [0.2, 0.25) is 5.82 Å². The van der Waals surface area contributed by atoms with Crippen molar-refractivity contribution in [1.82, 2.24) is 9.97 Å². The topological polar surface area (TPSA) is 126 Å². The summed E-state index contributed by atoms with van der Waals surface area (Å²) >= 11 is 0. The molecular weight excluding hydrogens is 396 g/mol. The summed E-state index contributed by atoms with van der Waals surface area (Å²) in [4.78, 5) is 33.3. The SMILES string of the molecule is COC(=O)c1cccc(OC)c1Oc1ncnc(N2CC(C)OC(C)C2)c1[N+](=O)[O-]. The molecule has 11 heteroatoms. The quantitative estimate of drug-likeness (QED) is 0.392. The Hall–Kier alpha value is -3.47. The molecule has 3 rings (SSSR count). The second-order valence-corrected chi connectivity index (χ2v) is 6.70. The summed E-state index contributed by atoms with van der Waals surface area (Å²) in [5, 5.41) is 11.9. The maximum atomic E-state index is 12.2. The second kappa shape index (κ2) is 8.91. The number of ether oxygens (including phenoxy) is 4. The minimum absolute atomic E-state index is 0.0386. The molecule has 11 nitrogen and oxygen atoms in total. The molecule has 2 aromatic rings. The third-order valence-electron chi connectivity index (χ3n) is 4.47. The van der Waals surface area contributed by atoms with Crippen LogP contribution in [-0.2, 0) is 9.47 Å². The monoisotopic (exact) mass is 418 g/mol. The first kappa shape index (κ1) is 21.2. The Labute approximate surface area is 172 Å². The number of nitro groups is 1. The number of benzene rings is 1. The van der Waals surface area contributed by atoms with Gasteiger partial charge >= 0.3 is 17.5 Å². The Balaban J connectivity index is 2.08.